The van der Waals surface area contributed by atoms with E-state index in [9.17, 15) is 8.78 Å². The lowest BCUT2D eigenvalue weighted by molar-refractivity contribution is -0.0498. The van der Waals surface area contributed by atoms with Crippen molar-refractivity contribution in [2.75, 3.05) is 5.84 Å². The molecule has 12 heteroatoms. The second-order valence-electron chi connectivity index (χ2n) is 6.21. The Morgan fingerprint density at radius 1 is 1.03 bits per heavy atom. The molecule has 0 amide bonds. The number of rotatable bonds is 7. The van der Waals surface area contributed by atoms with Crippen LogP contribution in [0.1, 0.15) is 11.4 Å². The van der Waals surface area contributed by atoms with Crippen LogP contribution in [-0.4, -0.2) is 41.7 Å². The lowest BCUT2D eigenvalue weighted by Crippen LogP contribution is -2.12. The zero-order valence-corrected chi connectivity index (χ0v) is 16.5. The standard InChI is InChI=1S/C18H16F2N8OS/c1-11-2-4-12(5-3-11)16-23-24-18(27(16)21)30-10-15-22-25-26-28(15)13-6-8-14(9-7-13)29-17(19)20/h2-9,17H,10,21H2,1H3. The van der Waals surface area contributed by atoms with Crippen LogP contribution in [0.25, 0.3) is 17.1 Å². The zero-order valence-electron chi connectivity index (χ0n) is 15.7. The van der Waals surface area contributed by atoms with Gasteiger partial charge in [0.05, 0.1) is 11.4 Å². The quantitative estimate of drug-likeness (QED) is 0.352. The third-order valence-electron chi connectivity index (χ3n) is 4.15. The van der Waals surface area contributed by atoms with Crippen LogP contribution in [0.5, 0.6) is 5.75 Å². The Morgan fingerprint density at radius 3 is 2.47 bits per heavy atom. The van der Waals surface area contributed by atoms with Crippen LogP contribution in [0.3, 0.4) is 0 Å². The number of nitrogens with zero attached hydrogens (tertiary/aromatic N) is 7. The summed E-state index contributed by atoms with van der Waals surface area (Å²) in [4.78, 5) is 0. The largest absolute Gasteiger partial charge is 0.435 e. The number of hydrogen-bond donors (Lipinski definition) is 1. The molecular weight excluding hydrogens is 414 g/mol. The maximum absolute atomic E-state index is 12.3. The number of alkyl halides is 2. The van der Waals surface area contributed by atoms with E-state index in [0.29, 0.717) is 28.2 Å². The summed E-state index contributed by atoms with van der Waals surface area (Å²) in [5, 5.41) is 20.5. The first kappa shape index (κ1) is 19.8. The highest BCUT2D eigenvalue weighted by atomic mass is 32.2. The third-order valence-corrected chi connectivity index (χ3v) is 5.08. The predicted octanol–water partition coefficient (Wildman–Crippen LogP) is 2.84. The minimum atomic E-state index is -2.88. The molecule has 0 aliphatic heterocycles. The molecule has 2 heterocycles. The van der Waals surface area contributed by atoms with Gasteiger partial charge in [-0.1, -0.05) is 41.6 Å². The molecule has 154 valence electrons. The first-order chi connectivity index (χ1) is 14.5. The fraction of sp³-hybridized carbons (Fsp3) is 0.167. The van der Waals surface area contributed by atoms with E-state index in [4.69, 9.17) is 5.84 Å². The van der Waals surface area contributed by atoms with E-state index in [1.54, 1.807) is 12.1 Å². The number of aromatic nitrogens is 7. The molecule has 30 heavy (non-hydrogen) atoms. The van der Waals surface area contributed by atoms with E-state index in [1.807, 2.05) is 31.2 Å². The van der Waals surface area contributed by atoms with E-state index in [0.717, 1.165) is 11.1 Å². The van der Waals surface area contributed by atoms with Crippen LogP contribution in [0.15, 0.2) is 53.7 Å². The van der Waals surface area contributed by atoms with E-state index in [-0.39, 0.29) is 5.75 Å². The Labute approximate surface area is 173 Å². The van der Waals surface area contributed by atoms with Crippen LogP contribution >= 0.6 is 11.8 Å². The molecule has 0 unspecified atom stereocenters. The van der Waals surface area contributed by atoms with Crippen LogP contribution < -0.4 is 10.6 Å². The second-order valence-corrected chi connectivity index (χ2v) is 7.15. The second kappa shape index (κ2) is 8.45. The van der Waals surface area contributed by atoms with Crippen molar-refractivity contribution in [3.63, 3.8) is 0 Å². The first-order valence-corrected chi connectivity index (χ1v) is 9.72. The van der Waals surface area contributed by atoms with Crippen LogP contribution in [0.2, 0.25) is 0 Å². The van der Waals surface area contributed by atoms with Crippen molar-refractivity contribution in [3.8, 4) is 22.8 Å². The monoisotopic (exact) mass is 430 g/mol. The SMILES string of the molecule is Cc1ccc(-c2nnc(SCc3nnnn3-c3ccc(OC(F)F)cc3)n2N)cc1. The van der Waals surface area contributed by atoms with Gasteiger partial charge in [-0.05, 0) is 41.6 Å². The fourth-order valence-electron chi connectivity index (χ4n) is 2.67. The van der Waals surface area contributed by atoms with E-state index in [2.05, 4.69) is 30.5 Å². The maximum atomic E-state index is 12.3. The Kier molecular flexibility index (Phi) is 5.57. The molecule has 2 aromatic heterocycles. The average molecular weight is 430 g/mol. The van der Waals surface area contributed by atoms with Crippen molar-refractivity contribution in [3.05, 3.63) is 59.9 Å². The molecule has 0 radical (unpaired) electrons. The number of ether oxygens (including phenoxy) is 1. The summed E-state index contributed by atoms with van der Waals surface area (Å²) in [7, 11) is 0. The summed E-state index contributed by atoms with van der Waals surface area (Å²) in [5.74, 6) is 7.65. The third kappa shape index (κ3) is 4.22. The van der Waals surface area contributed by atoms with Gasteiger partial charge < -0.3 is 10.6 Å². The number of tetrazole rings is 1. The Balaban J connectivity index is 1.48. The molecule has 0 fully saturated rings. The first-order valence-electron chi connectivity index (χ1n) is 8.74. The topological polar surface area (TPSA) is 110 Å². The summed E-state index contributed by atoms with van der Waals surface area (Å²) in [5.41, 5.74) is 2.60. The molecule has 0 spiro atoms. The molecule has 0 atom stereocenters. The predicted molar refractivity (Wildman–Crippen MR) is 106 cm³/mol. The van der Waals surface area contributed by atoms with Gasteiger partial charge in [-0.2, -0.15) is 13.5 Å². The number of halogens is 2. The van der Waals surface area contributed by atoms with E-state index >= 15 is 0 Å². The lowest BCUT2D eigenvalue weighted by atomic mass is 10.1. The minimum Gasteiger partial charge on any atom is -0.435 e. The van der Waals surface area contributed by atoms with Crippen molar-refractivity contribution in [1.29, 1.82) is 0 Å². The van der Waals surface area contributed by atoms with Crippen LogP contribution in [0, 0.1) is 6.92 Å². The summed E-state index contributed by atoms with van der Waals surface area (Å²) < 4.78 is 31.9. The fourth-order valence-corrected chi connectivity index (χ4v) is 3.43. The number of thioether (sulfide) groups is 1. The molecule has 0 saturated carbocycles. The molecule has 0 bridgehead atoms. The molecule has 0 saturated heterocycles. The smallest absolute Gasteiger partial charge is 0.387 e. The van der Waals surface area contributed by atoms with Gasteiger partial charge in [0.15, 0.2) is 11.6 Å². The van der Waals surface area contributed by atoms with Crippen molar-refractivity contribution in [2.24, 2.45) is 0 Å². The summed E-state index contributed by atoms with van der Waals surface area (Å²) in [6, 6.07) is 13.8. The number of hydrogen-bond acceptors (Lipinski definition) is 8. The highest BCUT2D eigenvalue weighted by molar-refractivity contribution is 7.98. The normalized spacial score (nSPS) is 11.2. The summed E-state index contributed by atoms with van der Waals surface area (Å²) in [6.07, 6.45) is 0. The molecule has 2 aromatic carbocycles. The van der Waals surface area contributed by atoms with E-state index in [1.165, 1.54) is 33.3 Å². The van der Waals surface area contributed by atoms with Crippen molar-refractivity contribution < 1.29 is 13.5 Å². The Bertz CT molecular complexity index is 1130. The maximum Gasteiger partial charge on any atom is 0.387 e. The van der Waals surface area contributed by atoms with Gasteiger partial charge in [-0.25, -0.2) is 4.68 Å². The Hall–Kier alpha value is -3.54. The van der Waals surface area contributed by atoms with Gasteiger partial charge in [-0.15, -0.1) is 15.3 Å². The molecular formula is C18H16F2N8OS. The van der Waals surface area contributed by atoms with Gasteiger partial charge in [-0.3, -0.25) is 0 Å². The number of nitrogens with two attached hydrogens (primary N) is 1. The highest BCUT2D eigenvalue weighted by Gasteiger charge is 2.15. The summed E-state index contributed by atoms with van der Waals surface area (Å²) >= 11 is 1.32. The number of aryl methyl sites for hydroxylation is 1. The van der Waals surface area contributed by atoms with Gasteiger partial charge in [0.2, 0.25) is 5.16 Å². The average Bonchev–Trinajstić information content (AvgIpc) is 3.34. The van der Waals surface area contributed by atoms with Crippen LogP contribution in [0.4, 0.5) is 8.78 Å². The molecule has 2 N–H and O–H groups in total. The van der Waals surface area contributed by atoms with E-state index < -0.39 is 6.61 Å². The van der Waals surface area contributed by atoms with Gasteiger partial charge in [0.1, 0.15) is 5.75 Å². The Morgan fingerprint density at radius 2 is 1.77 bits per heavy atom. The van der Waals surface area contributed by atoms with Crippen molar-refractivity contribution >= 4 is 11.8 Å². The van der Waals surface area contributed by atoms with Crippen molar-refractivity contribution in [1.82, 2.24) is 35.1 Å². The highest BCUT2D eigenvalue weighted by Crippen LogP contribution is 2.25. The number of nitrogen functional groups attached to an aromatic ring is 1. The molecule has 9 nitrogen and oxygen atoms in total. The van der Waals surface area contributed by atoms with Gasteiger partial charge >= 0.3 is 6.61 Å². The minimum absolute atomic E-state index is 0.0534. The summed E-state index contributed by atoms with van der Waals surface area (Å²) in [6.45, 7) is -0.879. The lowest BCUT2D eigenvalue weighted by Gasteiger charge is -2.07. The molecule has 4 rings (SSSR count). The zero-order chi connectivity index (χ0) is 21.1. The molecule has 0 aliphatic carbocycles. The van der Waals surface area contributed by atoms with Gasteiger partial charge in [0, 0.05) is 5.56 Å². The number of benzene rings is 2. The van der Waals surface area contributed by atoms with Gasteiger partial charge in [0.25, 0.3) is 0 Å². The molecule has 0 aliphatic rings. The van der Waals surface area contributed by atoms with Crippen molar-refractivity contribution in [2.45, 2.75) is 24.4 Å². The van der Waals surface area contributed by atoms with Crippen LogP contribution in [-0.2, 0) is 5.75 Å². The molecule has 4 aromatic rings.